The normalized spacial score (nSPS) is 10.6. The summed E-state index contributed by atoms with van der Waals surface area (Å²) < 4.78 is 15.0. The van der Waals surface area contributed by atoms with Gasteiger partial charge in [0.1, 0.15) is 11.5 Å². The van der Waals surface area contributed by atoms with Gasteiger partial charge in [0.25, 0.3) is 0 Å². The molecule has 18 heavy (non-hydrogen) atoms. The molecule has 2 N–H and O–H groups in total. The molecule has 4 nitrogen and oxygen atoms in total. The molecule has 0 aliphatic carbocycles. The summed E-state index contributed by atoms with van der Waals surface area (Å²) in [4.78, 5) is 13.7. The molecule has 0 aliphatic rings. The SMILES string of the molecule is Cn1c(Cc2cccc(F)c2)c(C(=O)O)[nH]c1=S. The van der Waals surface area contributed by atoms with Crippen molar-refractivity contribution in [1.29, 1.82) is 0 Å². The van der Waals surface area contributed by atoms with Crippen molar-refractivity contribution in [2.45, 2.75) is 6.42 Å². The van der Waals surface area contributed by atoms with Crippen LogP contribution in [0.3, 0.4) is 0 Å². The summed E-state index contributed by atoms with van der Waals surface area (Å²) in [7, 11) is 1.68. The first-order valence-corrected chi connectivity index (χ1v) is 5.65. The van der Waals surface area contributed by atoms with Crippen LogP contribution in [0.5, 0.6) is 0 Å². The van der Waals surface area contributed by atoms with E-state index in [2.05, 4.69) is 4.98 Å². The van der Waals surface area contributed by atoms with Gasteiger partial charge in [-0.2, -0.15) is 0 Å². The number of benzene rings is 1. The van der Waals surface area contributed by atoms with E-state index in [1.165, 1.54) is 12.1 Å². The maximum Gasteiger partial charge on any atom is 0.354 e. The Kier molecular flexibility index (Phi) is 3.29. The van der Waals surface area contributed by atoms with Gasteiger partial charge in [0.05, 0.1) is 5.69 Å². The number of carboxylic acids is 1. The van der Waals surface area contributed by atoms with Crippen molar-refractivity contribution in [2.24, 2.45) is 7.05 Å². The van der Waals surface area contributed by atoms with Crippen LogP contribution < -0.4 is 0 Å². The molecule has 1 aromatic carbocycles. The van der Waals surface area contributed by atoms with Crippen LogP contribution in [0.15, 0.2) is 24.3 Å². The Morgan fingerprint density at radius 2 is 2.28 bits per heavy atom. The highest BCUT2D eigenvalue weighted by Gasteiger charge is 2.16. The lowest BCUT2D eigenvalue weighted by Crippen LogP contribution is -2.06. The molecule has 2 aromatic rings. The summed E-state index contributed by atoms with van der Waals surface area (Å²) in [5, 5.41) is 9.07. The van der Waals surface area contributed by atoms with Crippen LogP contribution in [0.2, 0.25) is 0 Å². The number of aromatic amines is 1. The van der Waals surface area contributed by atoms with Crippen LogP contribution in [0.4, 0.5) is 4.39 Å². The first-order valence-electron chi connectivity index (χ1n) is 5.24. The highest BCUT2D eigenvalue weighted by atomic mass is 32.1. The van der Waals surface area contributed by atoms with Gasteiger partial charge in [-0.15, -0.1) is 0 Å². The molecule has 94 valence electrons. The average Bonchev–Trinajstić information content (AvgIpc) is 2.57. The number of aromatic carboxylic acids is 1. The summed E-state index contributed by atoms with van der Waals surface area (Å²) in [6.45, 7) is 0. The van der Waals surface area contributed by atoms with Gasteiger partial charge in [0.15, 0.2) is 4.77 Å². The number of imidazole rings is 1. The van der Waals surface area contributed by atoms with E-state index >= 15 is 0 Å². The third kappa shape index (κ3) is 2.33. The largest absolute Gasteiger partial charge is 0.477 e. The topological polar surface area (TPSA) is 58.0 Å². The van der Waals surface area contributed by atoms with E-state index in [9.17, 15) is 9.18 Å². The molecule has 0 amide bonds. The number of hydrogen-bond donors (Lipinski definition) is 2. The quantitative estimate of drug-likeness (QED) is 0.839. The number of aromatic nitrogens is 2. The van der Waals surface area contributed by atoms with E-state index in [0.29, 0.717) is 22.4 Å². The highest BCUT2D eigenvalue weighted by Crippen LogP contribution is 2.15. The number of nitrogens with one attached hydrogen (secondary N) is 1. The molecular formula is C12H11FN2O2S. The molecule has 0 fully saturated rings. The second-order valence-corrected chi connectivity index (χ2v) is 4.31. The summed E-state index contributed by atoms with van der Waals surface area (Å²) in [6, 6.07) is 6.05. The Bertz CT molecular complexity index is 660. The minimum absolute atomic E-state index is 0.0479. The van der Waals surface area contributed by atoms with E-state index in [0.717, 1.165) is 0 Å². The number of rotatable bonds is 3. The third-order valence-electron chi connectivity index (χ3n) is 2.70. The van der Waals surface area contributed by atoms with Crippen LogP contribution >= 0.6 is 12.2 Å². The van der Waals surface area contributed by atoms with E-state index in [-0.39, 0.29) is 11.5 Å². The second kappa shape index (κ2) is 4.73. The van der Waals surface area contributed by atoms with Crippen molar-refractivity contribution >= 4 is 18.2 Å². The lowest BCUT2D eigenvalue weighted by Gasteiger charge is -2.04. The van der Waals surface area contributed by atoms with Gasteiger partial charge in [0, 0.05) is 13.5 Å². The summed E-state index contributed by atoms with van der Waals surface area (Å²) >= 11 is 4.99. The molecule has 0 bridgehead atoms. The molecule has 0 radical (unpaired) electrons. The van der Waals surface area contributed by atoms with Gasteiger partial charge < -0.3 is 14.7 Å². The molecule has 0 unspecified atom stereocenters. The number of halogens is 1. The van der Waals surface area contributed by atoms with Gasteiger partial charge in [-0.25, -0.2) is 9.18 Å². The maximum absolute atomic E-state index is 13.1. The average molecular weight is 266 g/mol. The molecule has 2 rings (SSSR count). The van der Waals surface area contributed by atoms with Gasteiger partial charge in [-0.1, -0.05) is 12.1 Å². The van der Waals surface area contributed by atoms with Crippen molar-refractivity contribution in [1.82, 2.24) is 9.55 Å². The highest BCUT2D eigenvalue weighted by molar-refractivity contribution is 7.71. The van der Waals surface area contributed by atoms with Crippen molar-refractivity contribution in [3.63, 3.8) is 0 Å². The van der Waals surface area contributed by atoms with Crippen LogP contribution in [0.1, 0.15) is 21.7 Å². The van der Waals surface area contributed by atoms with E-state index in [4.69, 9.17) is 17.3 Å². The van der Waals surface area contributed by atoms with Gasteiger partial charge in [0.2, 0.25) is 0 Å². The van der Waals surface area contributed by atoms with Crippen LogP contribution in [0.25, 0.3) is 0 Å². The Hall–Kier alpha value is -1.95. The van der Waals surface area contributed by atoms with Gasteiger partial charge >= 0.3 is 5.97 Å². The number of H-pyrrole nitrogens is 1. The summed E-state index contributed by atoms with van der Waals surface area (Å²) in [5.74, 6) is -1.42. The van der Waals surface area contributed by atoms with Crippen LogP contribution in [0, 0.1) is 10.6 Å². The van der Waals surface area contributed by atoms with E-state index in [1.54, 1.807) is 23.7 Å². The fourth-order valence-electron chi connectivity index (χ4n) is 1.78. The number of nitrogens with zero attached hydrogens (tertiary/aromatic N) is 1. The molecular weight excluding hydrogens is 255 g/mol. The Morgan fingerprint density at radius 1 is 1.56 bits per heavy atom. The predicted octanol–water partition coefficient (Wildman–Crippen LogP) is 2.51. The first kappa shape index (κ1) is 12.5. The molecule has 0 atom stereocenters. The Balaban J connectivity index is 2.46. The van der Waals surface area contributed by atoms with Crippen molar-refractivity contribution < 1.29 is 14.3 Å². The van der Waals surface area contributed by atoms with Crippen LogP contribution in [-0.2, 0) is 13.5 Å². The molecule has 1 aromatic heterocycles. The summed E-state index contributed by atoms with van der Waals surface area (Å²) in [5.41, 5.74) is 1.27. The number of carbonyl (C=O) groups is 1. The predicted molar refractivity (Wildman–Crippen MR) is 66.8 cm³/mol. The Morgan fingerprint density at radius 3 is 2.89 bits per heavy atom. The van der Waals surface area contributed by atoms with Crippen molar-refractivity contribution in [2.75, 3.05) is 0 Å². The van der Waals surface area contributed by atoms with Crippen molar-refractivity contribution in [3.05, 3.63) is 51.8 Å². The zero-order chi connectivity index (χ0) is 13.3. The van der Waals surface area contributed by atoms with Crippen LogP contribution in [-0.4, -0.2) is 20.6 Å². The monoisotopic (exact) mass is 266 g/mol. The molecule has 0 saturated carbocycles. The third-order valence-corrected chi connectivity index (χ3v) is 3.08. The summed E-state index contributed by atoms with van der Waals surface area (Å²) in [6.07, 6.45) is 0.309. The minimum atomic E-state index is -1.08. The lowest BCUT2D eigenvalue weighted by molar-refractivity contribution is 0.0689. The lowest BCUT2D eigenvalue weighted by atomic mass is 10.1. The zero-order valence-corrected chi connectivity index (χ0v) is 10.4. The maximum atomic E-state index is 13.1. The smallest absolute Gasteiger partial charge is 0.354 e. The van der Waals surface area contributed by atoms with Gasteiger partial charge in [-0.05, 0) is 29.9 Å². The van der Waals surface area contributed by atoms with E-state index in [1.807, 2.05) is 0 Å². The van der Waals surface area contributed by atoms with Gasteiger partial charge in [-0.3, -0.25) is 0 Å². The first-order chi connectivity index (χ1) is 8.49. The second-order valence-electron chi connectivity index (χ2n) is 3.92. The molecule has 0 spiro atoms. The van der Waals surface area contributed by atoms with E-state index < -0.39 is 5.97 Å². The minimum Gasteiger partial charge on any atom is -0.477 e. The molecule has 1 heterocycles. The Labute approximate surface area is 108 Å². The number of carboxylic acid groups (broad SMARTS) is 1. The zero-order valence-electron chi connectivity index (χ0n) is 9.61. The fraction of sp³-hybridized carbons (Fsp3) is 0.167. The molecule has 0 aliphatic heterocycles. The molecule has 0 saturated heterocycles. The molecule has 6 heteroatoms. The standard InChI is InChI=1S/C12H11FN2O2S/c1-15-9(10(11(16)17)14-12(15)18)6-7-3-2-4-8(13)5-7/h2-5H,6H2,1H3,(H,14,18)(H,16,17). The number of hydrogen-bond acceptors (Lipinski definition) is 2. The van der Waals surface area contributed by atoms with Crippen molar-refractivity contribution in [3.8, 4) is 0 Å². The fourth-order valence-corrected chi connectivity index (χ4v) is 1.99.